The molecule has 0 radical (unpaired) electrons. The predicted molar refractivity (Wildman–Crippen MR) is 251 cm³/mol. The van der Waals surface area contributed by atoms with E-state index in [1.54, 1.807) is 30.3 Å². The molecule has 0 atom stereocenters. The van der Waals surface area contributed by atoms with Crippen LogP contribution in [0, 0.1) is 0 Å². The van der Waals surface area contributed by atoms with Gasteiger partial charge in [-0.1, -0.05) is 178 Å². The molecule has 63 heavy (non-hydrogen) atoms. The number of phenols is 1. The topological polar surface area (TPSA) is 173 Å². The van der Waals surface area contributed by atoms with E-state index < -0.39 is 20.2 Å². The average molecular weight is 935 g/mol. The first-order valence-electron chi connectivity index (χ1n) is 22.9. The largest absolute Gasteiger partial charge is 2.00 e. The van der Waals surface area contributed by atoms with Crippen molar-refractivity contribution < 1.29 is 45.6 Å². The Morgan fingerprint density at radius 2 is 0.873 bits per heavy atom. The van der Waals surface area contributed by atoms with Gasteiger partial charge in [0.2, 0.25) is 0 Å². The van der Waals surface area contributed by atoms with Crippen LogP contribution in [0.15, 0.2) is 94.7 Å². The molecule has 2 N–H and O–H groups in total. The molecule has 0 aromatic heterocycles. The maximum absolute atomic E-state index is 12.3. The first-order valence-corrected chi connectivity index (χ1v) is 25.8. The second-order valence-electron chi connectivity index (χ2n) is 16.2. The summed E-state index contributed by atoms with van der Waals surface area (Å²) in [4.78, 5) is -0.636. The summed E-state index contributed by atoms with van der Waals surface area (Å²) in [5.41, 5.74) is 2.02. The van der Waals surface area contributed by atoms with Gasteiger partial charge in [0.25, 0.3) is 10.1 Å². The van der Waals surface area contributed by atoms with Gasteiger partial charge in [0.1, 0.15) is 27.4 Å². The Kier molecular flexibility index (Phi) is 28.5. The molecule has 4 aromatic carbocycles. The molecule has 0 bridgehead atoms. The van der Waals surface area contributed by atoms with Crippen molar-refractivity contribution in [3.63, 3.8) is 0 Å². The van der Waals surface area contributed by atoms with E-state index >= 15 is 0 Å². The summed E-state index contributed by atoms with van der Waals surface area (Å²) in [5.74, 6) is 0.489. The maximum atomic E-state index is 12.3. The van der Waals surface area contributed by atoms with Gasteiger partial charge in [-0.2, -0.15) is 8.42 Å². The third-order valence-electron chi connectivity index (χ3n) is 10.8. The molecule has 0 unspecified atom stereocenters. The summed E-state index contributed by atoms with van der Waals surface area (Å²) in [6, 6.07) is 21.1. The van der Waals surface area contributed by atoms with Crippen molar-refractivity contribution in [2.75, 3.05) is 0 Å². The second kappa shape index (κ2) is 31.9. The van der Waals surface area contributed by atoms with Gasteiger partial charge in [0.15, 0.2) is 11.5 Å². The Morgan fingerprint density at radius 3 is 1.29 bits per heavy atom. The standard InChI is InChI=1S/2C25H36O5S.Ca/c2*1-2-3-4-5-6-7-8-9-10-11-12-14-21-17-18-25(24(26)19-21)30-22-15-13-16-23(20-22)31(27,28)29;/h2*13,15-20,26H,2-12,14H2,1H3,(H,27,28,29);/q;;+2/p-2. The quantitative estimate of drug-likeness (QED) is 0.0291. The molecule has 13 heteroatoms. The van der Waals surface area contributed by atoms with Gasteiger partial charge in [-0.15, -0.1) is 0 Å². The monoisotopic (exact) mass is 934 g/mol. The summed E-state index contributed by atoms with van der Waals surface area (Å²) in [6.07, 6.45) is 30.2. The zero-order valence-corrected chi connectivity index (χ0v) is 41.6. The van der Waals surface area contributed by atoms with E-state index in [1.165, 1.54) is 165 Å². The number of ether oxygens (including phenoxy) is 2. The minimum absolute atomic E-state index is 0. The molecule has 4 rings (SSSR count). The number of aryl methyl sites for hydroxylation is 2. The zero-order chi connectivity index (χ0) is 45.1. The first kappa shape index (κ1) is 56.3. The normalized spacial score (nSPS) is 11.4. The zero-order valence-electron chi connectivity index (χ0n) is 37.7. The maximum Gasteiger partial charge on any atom is 2.00 e. The first-order chi connectivity index (χ1) is 29.8. The van der Waals surface area contributed by atoms with Crippen LogP contribution in [0.3, 0.4) is 0 Å². The summed E-state index contributed by atoms with van der Waals surface area (Å²) in [5, 5.41) is 22.6. The number of unbranched alkanes of at least 4 members (excludes halogenated alkanes) is 20. The van der Waals surface area contributed by atoms with Crippen molar-refractivity contribution in [3.8, 4) is 34.5 Å². The van der Waals surface area contributed by atoms with Crippen LogP contribution in [-0.4, -0.2) is 68.8 Å². The van der Waals surface area contributed by atoms with E-state index in [2.05, 4.69) is 13.8 Å². The molecule has 0 aliphatic carbocycles. The number of hydrogen-bond acceptors (Lipinski definition) is 9. The van der Waals surface area contributed by atoms with Crippen LogP contribution in [0.1, 0.15) is 166 Å². The Balaban J connectivity index is 0.000000427. The molecule has 0 aliphatic rings. The van der Waals surface area contributed by atoms with Crippen molar-refractivity contribution in [1.82, 2.24) is 0 Å². The van der Waals surface area contributed by atoms with Gasteiger partial charge < -0.3 is 24.2 Å². The van der Waals surface area contributed by atoms with E-state index in [0.29, 0.717) is 0 Å². The molecule has 0 saturated carbocycles. The van der Waals surface area contributed by atoms with Gasteiger partial charge in [-0.3, -0.25) is 4.55 Å². The second-order valence-corrected chi connectivity index (χ2v) is 19.0. The molecule has 0 heterocycles. The Labute approximate surface area is 408 Å². The van der Waals surface area contributed by atoms with E-state index in [9.17, 15) is 31.6 Å². The molecular formula is C50H70CaO10S2. The minimum Gasteiger partial charge on any atom is -0.870 e. The fourth-order valence-corrected chi connectivity index (χ4v) is 8.25. The van der Waals surface area contributed by atoms with Gasteiger partial charge >= 0.3 is 37.7 Å². The number of benzene rings is 4. The predicted octanol–water partition coefficient (Wildman–Crippen LogP) is 13.2. The van der Waals surface area contributed by atoms with Crippen molar-refractivity contribution in [1.29, 1.82) is 0 Å². The summed E-state index contributed by atoms with van der Waals surface area (Å²) < 4.78 is 76.1. The molecule has 0 fully saturated rings. The molecule has 0 amide bonds. The molecule has 4 aromatic rings. The minimum atomic E-state index is -4.57. The summed E-state index contributed by atoms with van der Waals surface area (Å²) >= 11 is 0. The Hall–Kier alpha value is -2.84. The van der Waals surface area contributed by atoms with Gasteiger partial charge in [0, 0.05) is 6.07 Å². The van der Waals surface area contributed by atoms with E-state index in [0.717, 1.165) is 42.9 Å². The fraction of sp³-hybridized carbons (Fsp3) is 0.520. The molecular weight excluding hydrogens is 865 g/mol. The van der Waals surface area contributed by atoms with E-state index in [1.807, 2.05) is 12.1 Å². The van der Waals surface area contributed by atoms with Gasteiger partial charge in [-0.25, -0.2) is 8.42 Å². The average Bonchev–Trinajstić information content (AvgIpc) is 3.23. The fourth-order valence-electron chi connectivity index (χ4n) is 7.23. The van der Waals surface area contributed by atoms with Crippen LogP contribution in [-0.2, 0) is 33.1 Å². The Bertz CT molecular complexity index is 1940. The molecule has 0 spiro atoms. The van der Waals surface area contributed by atoms with E-state index in [-0.39, 0.29) is 82.0 Å². The van der Waals surface area contributed by atoms with Crippen molar-refractivity contribution in [2.24, 2.45) is 0 Å². The molecule has 10 nitrogen and oxygen atoms in total. The van der Waals surface area contributed by atoms with Gasteiger partial charge in [0.05, 0.1) is 9.79 Å². The molecule has 0 saturated heterocycles. The third-order valence-corrected chi connectivity index (χ3v) is 12.5. The van der Waals surface area contributed by atoms with Crippen molar-refractivity contribution >= 4 is 58.0 Å². The van der Waals surface area contributed by atoms with Crippen molar-refractivity contribution in [2.45, 2.75) is 178 Å². The Morgan fingerprint density at radius 1 is 0.492 bits per heavy atom. The van der Waals surface area contributed by atoms with Crippen LogP contribution < -0.4 is 14.6 Å². The van der Waals surface area contributed by atoms with Crippen LogP contribution in [0.2, 0.25) is 0 Å². The summed E-state index contributed by atoms with van der Waals surface area (Å²) in [7, 11) is -8.87. The van der Waals surface area contributed by atoms with Gasteiger partial charge in [-0.05, 0) is 85.3 Å². The van der Waals surface area contributed by atoms with Crippen LogP contribution in [0.4, 0.5) is 0 Å². The number of hydrogen-bond donors (Lipinski definition) is 2. The smallest absolute Gasteiger partial charge is 0.870 e. The van der Waals surface area contributed by atoms with Crippen LogP contribution in [0.25, 0.3) is 0 Å². The van der Waals surface area contributed by atoms with E-state index in [4.69, 9.17) is 14.0 Å². The SMILES string of the molecule is CCCCCCCCCCCCCc1ccc(Oc2cccc(S(=O)(=O)O)c2)c(O)c1.CCCCCCCCCCCCCc1ccc(Oc2cccc(S(=O)(=O)[O-])c2)c([O-])c1.[Ca+2]. The van der Waals surface area contributed by atoms with Crippen molar-refractivity contribution in [3.05, 3.63) is 96.1 Å². The van der Waals surface area contributed by atoms with Crippen LogP contribution in [0.5, 0.6) is 34.5 Å². The third kappa shape index (κ3) is 24.3. The molecule has 0 aliphatic heterocycles. The molecule has 344 valence electrons. The summed E-state index contributed by atoms with van der Waals surface area (Å²) in [6.45, 7) is 4.49. The number of rotatable bonds is 30. The number of phenolic OH excluding ortho intramolecular Hbond substituents is 1. The van der Waals surface area contributed by atoms with Crippen LogP contribution >= 0.6 is 0 Å². The number of aromatic hydroxyl groups is 1.